The van der Waals surface area contributed by atoms with Gasteiger partial charge in [0.25, 0.3) is 5.69 Å². The summed E-state index contributed by atoms with van der Waals surface area (Å²) in [5, 5.41) is 21.2. The fourth-order valence-corrected chi connectivity index (χ4v) is 2.86. The molecule has 104 valence electrons. The predicted molar refractivity (Wildman–Crippen MR) is 72.8 cm³/mol. The third-order valence-corrected chi connectivity index (χ3v) is 3.74. The zero-order chi connectivity index (χ0) is 14.0. The van der Waals surface area contributed by atoms with Gasteiger partial charge in [0.15, 0.2) is 0 Å². The maximum Gasteiger partial charge on any atom is 0.273 e. The third-order valence-electron chi connectivity index (χ3n) is 3.74. The molecule has 0 aromatic heterocycles. The molecule has 2 rings (SSSR count). The van der Waals surface area contributed by atoms with Gasteiger partial charge in [-0.3, -0.25) is 15.0 Å². The number of nitro groups is 1. The van der Waals surface area contributed by atoms with E-state index in [0.29, 0.717) is 12.1 Å². The first-order valence-electron chi connectivity index (χ1n) is 6.58. The Morgan fingerprint density at radius 1 is 1.47 bits per heavy atom. The number of hydrogen-bond donors (Lipinski definition) is 1. The summed E-state index contributed by atoms with van der Waals surface area (Å²) >= 11 is 0. The molecule has 5 heteroatoms. The molecule has 0 aliphatic carbocycles. The van der Waals surface area contributed by atoms with E-state index in [0.717, 1.165) is 19.4 Å². The zero-order valence-corrected chi connectivity index (χ0v) is 11.4. The molecular weight excluding hydrogens is 244 g/mol. The van der Waals surface area contributed by atoms with E-state index in [4.69, 9.17) is 0 Å². The average Bonchev–Trinajstić information content (AvgIpc) is 2.77. The SMILES string of the molecule is CC(C)(O)C1CCCN1Cc1ccccc1[N+](=O)[O-]. The lowest BCUT2D eigenvalue weighted by Gasteiger charge is -2.33. The van der Waals surface area contributed by atoms with Crippen molar-refractivity contribution in [2.45, 2.75) is 44.9 Å². The first-order chi connectivity index (χ1) is 8.89. The summed E-state index contributed by atoms with van der Waals surface area (Å²) in [5.41, 5.74) is 0.0904. The molecule has 19 heavy (non-hydrogen) atoms. The van der Waals surface area contributed by atoms with Gasteiger partial charge >= 0.3 is 0 Å². The highest BCUT2D eigenvalue weighted by atomic mass is 16.6. The summed E-state index contributed by atoms with van der Waals surface area (Å²) in [4.78, 5) is 12.8. The molecule has 0 bridgehead atoms. The van der Waals surface area contributed by atoms with Crippen molar-refractivity contribution < 1.29 is 10.0 Å². The van der Waals surface area contributed by atoms with Gasteiger partial charge in [-0.05, 0) is 33.2 Å². The molecule has 0 spiro atoms. The van der Waals surface area contributed by atoms with Gasteiger partial charge in [0.2, 0.25) is 0 Å². The first-order valence-corrected chi connectivity index (χ1v) is 6.58. The Morgan fingerprint density at radius 3 is 2.79 bits per heavy atom. The van der Waals surface area contributed by atoms with E-state index >= 15 is 0 Å². The van der Waals surface area contributed by atoms with Gasteiger partial charge in [-0.2, -0.15) is 0 Å². The van der Waals surface area contributed by atoms with E-state index < -0.39 is 5.60 Å². The van der Waals surface area contributed by atoms with Crippen molar-refractivity contribution in [3.63, 3.8) is 0 Å². The number of para-hydroxylation sites is 1. The average molecular weight is 264 g/mol. The van der Waals surface area contributed by atoms with Gasteiger partial charge in [-0.1, -0.05) is 18.2 Å². The number of benzene rings is 1. The minimum absolute atomic E-state index is 0.0623. The van der Waals surface area contributed by atoms with Crippen LogP contribution in [0.4, 0.5) is 5.69 Å². The molecule has 0 saturated carbocycles. The van der Waals surface area contributed by atoms with Crippen LogP contribution >= 0.6 is 0 Å². The summed E-state index contributed by atoms with van der Waals surface area (Å²) in [6, 6.07) is 6.88. The smallest absolute Gasteiger partial charge is 0.273 e. The number of aliphatic hydroxyl groups is 1. The van der Waals surface area contributed by atoms with Crippen LogP contribution in [0.15, 0.2) is 24.3 Å². The number of nitro benzene ring substituents is 1. The lowest BCUT2D eigenvalue weighted by atomic mass is 9.96. The standard InChI is InChI=1S/C14H20N2O3/c1-14(2,17)13-8-5-9-15(13)10-11-6-3-4-7-12(11)16(18)19/h3-4,6-7,13,17H,5,8-10H2,1-2H3. The van der Waals surface area contributed by atoms with Crippen molar-refractivity contribution in [3.05, 3.63) is 39.9 Å². The number of likely N-dealkylation sites (tertiary alicyclic amines) is 1. The molecule has 1 aromatic carbocycles. The lowest BCUT2D eigenvalue weighted by Crippen LogP contribution is -2.45. The van der Waals surface area contributed by atoms with Gasteiger partial charge < -0.3 is 5.11 Å². The minimum atomic E-state index is -0.778. The van der Waals surface area contributed by atoms with Crippen molar-refractivity contribution >= 4 is 5.69 Å². The van der Waals surface area contributed by atoms with Crippen LogP contribution in [0.3, 0.4) is 0 Å². The van der Waals surface area contributed by atoms with E-state index in [1.807, 2.05) is 6.07 Å². The van der Waals surface area contributed by atoms with E-state index in [2.05, 4.69) is 4.90 Å². The minimum Gasteiger partial charge on any atom is -0.389 e. The van der Waals surface area contributed by atoms with Crippen LogP contribution in [0.25, 0.3) is 0 Å². The number of hydrogen-bond acceptors (Lipinski definition) is 4. The number of nitrogens with zero attached hydrogens (tertiary/aromatic N) is 2. The van der Waals surface area contributed by atoms with Crippen LogP contribution in [0.2, 0.25) is 0 Å². The molecular formula is C14H20N2O3. The topological polar surface area (TPSA) is 66.6 Å². The van der Waals surface area contributed by atoms with Gasteiger partial charge in [-0.25, -0.2) is 0 Å². The second-order valence-corrected chi connectivity index (χ2v) is 5.67. The summed E-state index contributed by atoms with van der Waals surface area (Å²) < 4.78 is 0. The fourth-order valence-electron chi connectivity index (χ4n) is 2.86. The van der Waals surface area contributed by atoms with Crippen LogP contribution in [-0.2, 0) is 6.54 Å². The van der Waals surface area contributed by atoms with E-state index in [9.17, 15) is 15.2 Å². The molecule has 5 nitrogen and oxygen atoms in total. The third kappa shape index (κ3) is 3.11. The summed E-state index contributed by atoms with van der Waals surface area (Å²) in [6.45, 7) is 5.00. The maximum atomic E-state index is 11.0. The quantitative estimate of drug-likeness (QED) is 0.669. The van der Waals surface area contributed by atoms with E-state index in [-0.39, 0.29) is 16.7 Å². The largest absolute Gasteiger partial charge is 0.389 e. The van der Waals surface area contributed by atoms with Crippen LogP contribution in [0, 0.1) is 10.1 Å². The maximum absolute atomic E-state index is 11.0. The molecule has 1 unspecified atom stereocenters. The molecule has 1 heterocycles. The monoisotopic (exact) mass is 264 g/mol. The first kappa shape index (κ1) is 14.0. The molecule has 0 amide bonds. The van der Waals surface area contributed by atoms with Crippen LogP contribution < -0.4 is 0 Å². The van der Waals surface area contributed by atoms with Crippen LogP contribution in [-0.4, -0.2) is 33.1 Å². The Balaban J connectivity index is 2.19. The molecule has 1 saturated heterocycles. The molecule has 1 aromatic rings. The Bertz CT molecular complexity index is 468. The highest BCUT2D eigenvalue weighted by Crippen LogP contribution is 2.30. The van der Waals surface area contributed by atoms with Crippen LogP contribution in [0.1, 0.15) is 32.3 Å². The molecule has 1 fully saturated rings. The van der Waals surface area contributed by atoms with Gasteiger partial charge in [-0.15, -0.1) is 0 Å². The summed E-state index contributed by atoms with van der Waals surface area (Å²) in [7, 11) is 0. The fraction of sp³-hybridized carbons (Fsp3) is 0.571. The van der Waals surface area contributed by atoms with E-state index in [1.54, 1.807) is 26.0 Å². The number of rotatable bonds is 4. The Morgan fingerprint density at radius 2 is 2.16 bits per heavy atom. The second kappa shape index (κ2) is 5.27. The lowest BCUT2D eigenvalue weighted by molar-refractivity contribution is -0.385. The highest BCUT2D eigenvalue weighted by molar-refractivity contribution is 5.39. The van der Waals surface area contributed by atoms with Crippen molar-refractivity contribution in [3.8, 4) is 0 Å². The molecule has 1 N–H and O–H groups in total. The zero-order valence-electron chi connectivity index (χ0n) is 11.4. The Kier molecular flexibility index (Phi) is 3.87. The van der Waals surface area contributed by atoms with Crippen molar-refractivity contribution in [2.75, 3.05) is 6.54 Å². The Hall–Kier alpha value is -1.46. The van der Waals surface area contributed by atoms with Crippen molar-refractivity contribution in [1.82, 2.24) is 4.90 Å². The van der Waals surface area contributed by atoms with Gasteiger partial charge in [0.05, 0.1) is 10.5 Å². The Labute approximate surface area is 113 Å². The highest BCUT2D eigenvalue weighted by Gasteiger charge is 2.36. The van der Waals surface area contributed by atoms with Crippen molar-refractivity contribution in [1.29, 1.82) is 0 Å². The van der Waals surface area contributed by atoms with Gasteiger partial charge in [0.1, 0.15) is 0 Å². The van der Waals surface area contributed by atoms with Gasteiger partial charge in [0, 0.05) is 24.2 Å². The second-order valence-electron chi connectivity index (χ2n) is 5.67. The predicted octanol–water partition coefficient (Wildman–Crippen LogP) is 2.33. The summed E-state index contributed by atoms with van der Waals surface area (Å²) in [5.74, 6) is 0. The molecule has 0 radical (unpaired) electrons. The van der Waals surface area contributed by atoms with E-state index in [1.165, 1.54) is 6.07 Å². The van der Waals surface area contributed by atoms with Crippen LogP contribution in [0.5, 0.6) is 0 Å². The molecule has 1 aliphatic rings. The molecule has 1 aliphatic heterocycles. The van der Waals surface area contributed by atoms with Crippen molar-refractivity contribution in [2.24, 2.45) is 0 Å². The molecule has 1 atom stereocenters. The normalized spacial score (nSPS) is 20.7. The summed E-state index contributed by atoms with van der Waals surface area (Å²) in [6.07, 6.45) is 1.96.